The number of rotatable bonds is 5. The maximum atomic E-state index is 10.5. The molecule has 1 saturated heterocycles. The van der Waals surface area contributed by atoms with E-state index in [1.807, 2.05) is 42.5 Å². The Morgan fingerprint density at radius 3 is 2.50 bits per heavy atom. The van der Waals surface area contributed by atoms with E-state index in [1.54, 1.807) is 7.11 Å². The Morgan fingerprint density at radius 1 is 1.17 bits per heavy atom. The van der Waals surface area contributed by atoms with Gasteiger partial charge in [-0.2, -0.15) is 0 Å². The lowest BCUT2D eigenvalue weighted by Crippen LogP contribution is -3.15. The molecule has 1 atom stereocenters. The van der Waals surface area contributed by atoms with E-state index in [0.29, 0.717) is 0 Å². The third-order valence-corrected chi connectivity index (χ3v) is 4.86. The van der Waals surface area contributed by atoms with Gasteiger partial charge in [0, 0.05) is 10.7 Å². The number of nitrogens with zero attached hydrogens (tertiary/aromatic N) is 1. The summed E-state index contributed by atoms with van der Waals surface area (Å²) in [6, 6.07) is 15.7. The number of nitrogens with one attached hydrogen (secondary N) is 1. The summed E-state index contributed by atoms with van der Waals surface area (Å²) < 4.78 is 5.16. The fraction of sp³-hybridized carbons (Fsp3) is 0.368. The number of piperazine rings is 1. The van der Waals surface area contributed by atoms with Crippen LogP contribution < -0.4 is 14.5 Å². The molecule has 0 amide bonds. The highest BCUT2D eigenvalue weighted by Gasteiger charge is 2.23. The standard InChI is InChI=1S/C19H23ClN2O2/c1-24-18-7-5-15(6-8-18)19(23)14-21-9-11-22(12-10-21)17-4-2-3-16(20)13-17/h2-8,13,19,23H,9-12,14H2,1H3/p+1/t19-/m1/s1. The number of aliphatic hydroxyl groups is 1. The van der Waals surface area contributed by atoms with Crippen LogP contribution in [0.1, 0.15) is 11.7 Å². The lowest BCUT2D eigenvalue weighted by Gasteiger charge is -2.34. The van der Waals surface area contributed by atoms with Gasteiger partial charge in [-0.25, -0.2) is 0 Å². The number of benzene rings is 2. The number of ether oxygens (including phenoxy) is 1. The van der Waals surface area contributed by atoms with Crippen LogP contribution in [0.15, 0.2) is 48.5 Å². The average Bonchev–Trinajstić information content (AvgIpc) is 2.62. The number of methoxy groups -OCH3 is 1. The summed E-state index contributed by atoms with van der Waals surface area (Å²) in [6.07, 6.45) is -0.441. The lowest BCUT2D eigenvalue weighted by atomic mass is 10.1. The monoisotopic (exact) mass is 347 g/mol. The molecule has 0 unspecified atom stereocenters. The van der Waals surface area contributed by atoms with E-state index in [0.717, 1.165) is 49.1 Å². The molecule has 0 spiro atoms. The van der Waals surface area contributed by atoms with Crippen molar-refractivity contribution in [1.29, 1.82) is 0 Å². The van der Waals surface area contributed by atoms with E-state index in [1.165, 1.54) is 10.6 Å². The first kappa shape index (κ1) is 17.1. The van der Waals surface area contributed by atoms with Gasteiger partial charge in [-0.05, 0) is 35.9 Å². The predicted octanol–water partition coefficient (Wildman–Crippen LogP) is 1.79. The van der Waals surface area contributed by atoms with E-state index >= 15 is 0 Å². The van der Waals surface area contributed by atoms with Gasteiger partial charge in [-0.3, -0.25) is 0 Å². The van der Waals surface area contributed by atoms with E-state index in [4.69, 9.17) is 16.3 Å². The topological polar surface area (TPSA) is 37.1 Å². The number of anilines is 1. The highest BCUT2D eigenvalue weighted by atomic mass is 35.5. The Morgan fingerprint density at radius 2 is 1.88 bits per heavy atom. The molecule has 1 fully saturated rings. The van der Waals surface area contributed by atoms with Crippen molar-refractivity contribution in [2.24, 2.45) is 0 Å². The van der Waals surface area contributed by atoms with E-state index in [9.17, 15) is 5.11 Å². The van der Waals surface area contributed by atoms with Crippen molar-refractivity contribution in [3.8, 4) is 5.75 Å². The molecule has 4 nitrogen and oxygen atoms in total. The zero-order chi connectivity index (χ0) is 16.9. The SMILES string of the molecule is COc1ccc([C@H](O)C[NH+]2CCN(c3cccc(Cl)c3)CC2)cc1. The highest BCUT2D eigenvalue weighted by Crippen LogP contribution is 2.19. The molecule has 1 aliphatic rings. The second kappa shape index (κ2) is 7.88. The minimum atomic E-state index is -0.441. The molecule has 1 aliphatic heterocycles. The van der Waals surface area contributed by atoms with Crippen LogP contribution in [0.5, 0.6) is 5.75 Å². The van der Waals surface area contributed by atoms with Crippen molar-refractivity contribution in [1.82, 2.24) is 0 Å². The van der Waals surface area contributed by atoms with Crippen LogP contribution in [0, 0.1) is 0 Å². The third kappa shape index (κ3) is 4.20. The third-order valence-electron chi connectivity index (χ3n) is 4.63. The molecule has 0 aromatic heterocycles. The Bertz CT molecular complexity index is 655. The first-order valence-electron chi connectivity index (χ1n) is 8.32. The van der Waals surface area contributed by atoms with E-state index < -0.39 is 6.10 Å². The first-order chi connectivity index (χ1) is 11.7. The zero-order valence-corrected chi connectivity index (χ0v) is 14.7. The molecule has 1 heterocycles. The van der Waals surface area contributed by atoms with Crippen LogP contribution in [-0.2, 0) is 0 Å². The molecule has 24 heavy (non-hydrogen) atoms. The van der Waals surface area contributed by atoms with Crippen molar-refractivity contribution >= 4 is 17.3 Å². The van der Waals surface area contributed by atoms with E-state index in [-0.39, 0.29) is 0 Å². The summed E-state index contributed by atoms with van der Waals surface area (Å²) in [5, 5.41) is 11.2. The molecular formula is C19H24ClN2O2+. The van der Waals surface area contributed by atoms with Gasteiger partial charge in [-0.15, -0.1) is 0 Å². The fourth-order valence-corrected chi connectivity index (χ4v) is 3.36. The van der Waals surface area contributed by atoms with Gasteiger partial charge < -0.3 is 19.6 Å². The average molecular weight is 348 g/mol. The van der Waals surface area contributed by atoms with Crippen LogP contribution >= 0.6 is 11.6 Å². The Kier molecular flexibility index (Phi) is 5.61. The maximum absolute atomic E-state index is 10.5. The smallest absolute Gasteiger partial charge is 0.128 e. The molecular weight excluding hydrogens is 324 g/mol. The molecule has 0 radical (unpaired) electrons. The Labute approximate surface area is 148 Å². The molecule has 2 aromatic rings. The first-order valence-corrected chi connectivity index (χ1v) is 8.69. The van der Waals surface area contributed by atoms with Crippen molar-refractivity contribution in [3.63, 3.8) is 0 Å². The van der Waals surface area contributed by atoms with Crippen molar-refractivity contribution in [2.45, 2.75) is 6.10 Å². The minimum Gasteiger partial charge on any atom is -0.497 e. The van der Waals surface area contributed by atoms with Crippen molar-refractivity contribution in [2.75, 3.05) is 44.7 Å². The molecule has 0 saturated carbocycles. The normalized spacial score (nSPS) is 16.9. The quantitative estimate of drug-likeness (QED) is 0.866. The van der Waals surface area contributed by atoms with E-state index in [2.05, 4.69) is 11.0 Å². The van der Waals surface area contributed by atoms with Crippen LogP contribution in [0.2, 0.25) is 5.02 Å². The maximum Gasteiger partial charge on any atom is 0.128 e. The Hall–Kier alpha value is -1.75. The van der Waals surface area contributed by atoms with Gasteiger partial charge in [0.25, 0.3) is 0 Å². The summed E-state index contributed by atoms with van der Waals surface area (Å²) in [7, 11) is 1.65. The summed E-state index contributed by atoms with van der Waals surface area (Å²) in [4.78, 5) is 3.78. The van der Waals surface area contributed by atoms with Gasteiger partial charge in [0.2, 0.25) is 0 Å². The largest absolute Gasteiger partial charge is 0.497 e. The molecule has 0 bridgehead atoms. The highest BCUT2D eigenvalue weighted by molar-refractivity contribution is 6.30. The van der Waals surface area contributed by atoms with Gasteiger partial charge in [0.05, 0.1) is 33.3 Å². The number of quaternary nitrogens is 1. The number of hydrogen-bond acceptors (Lipinski definition) is 3. The molecule has 2 N–H and O–H groups in total. The van der Waals surface area contributed by atoms with Crippen LogP contribution in [-0.4, -0.2) is 44.9 Å². The molecule has 128 valence electrons. The van der Waals surface area contributed by atoms with Crippen molar-refractivity contribution < 1.29 is 14.7 Å². The van der Waals surface area contributed by atoms with Gasteiger partial charge in [-0.1, -0.05) is 29.8 Å². The van der Waals surface area contributed by atoms with Crippen LogP contribution in [0.25, 0.3) is 0 Å². The second-order valence-corrected chi connectivity index (χ2v) is 6.65. The number of hydrogen-bond donors (Lipinski definition) is 2. The van der Waals surface area contributed by atoms with Crippen molar-refractivity contribution in [3.05, 3.63) is 59.1 Å². The Balaban J connectivity index is 1.53. The predicted molar refractivity (Wildman–Crippen MR) is 97.2 cm³/mol. The van der Waals surface area contributed by atoms with Crippen LogP contribution in [0.3, 0.4) is 0 Å². The van der Waals surface area contributed by atoms with Gasteiger partial charge in [0.1, 0.15) is 18.4 Å². The molecule has 5 heteroatoms. The lowest BCUT2D eigenvalue weighted by molar-refractivity contribution is -0.904. The summed E-state index contributed by atoms with van der Waals surface area (Å²) in [5.74, 6) is 0.813. The van der Waals surface area contributed by atoms with Crippen LogP contribution in [0.4, 0.5) is 5.69 Å². The van der Waals surface area contributed by atoms with Gasteiger partial charge >= 0.3 is 0 Å². The second-order valence-electron chi connectivity index (χ2n) is 6.21. The number of aliphatic hydroxyl groups excluding tert-OH is 1. The molecule has 2 aromatic carbocycles. The number of halogens is 1. The zero-order valence-electron chi connectivity index (χ0n) is 13.9. The molecule has 0 aliphatic carbocycles. The van der Waals surface area contributed by atoms with Gasteiger partial charge in [0.15, 0.2) is 0 Å². The summed E-state index contributed by atoms with van der Waals surface area (Å²) in [5.41, 5.74) is 2.12. The molecule has 3 rings (SSSR count). The summed E-state index contributed by atoms with van der Waals surface area (Å²) in [6.45, 7) is 4.71. The summed E-state index contributed by atoms with van der Waals surface area (Å²) >= 11 is 6.08. The fourth-order valence-electron chi connectivity index (χ4n) is 3.18. The minimum absolute atomic E-state index is 0.441.